The minimum Gasteiger partial charge on any atom is -0.467 e. The van der Waals surface area contributed by atoms with Crippen LogP contribution in [0.15, 0.2) is 48.5 Å². The highest BCUT2D eigenvalue weighted by atomic mass is 19.4. The molecule has 0 heterocycles. The lowest BCUT2D eigenvalue weighted by Gasteiger charge is -2.21. The maximum Gasteiger partial charge on any atom is 0.416 e. The van der Waals surface area contributed by atoms with Crippen molar-refractivity contribution in [1.82, 2.24) is 5.32 Å². The molecule has 2 atom stereocenters. The molecule has 2 N–H and O–H groups in total. The van der Waals surface area contributed by atoms with Gasteiger partial charge in [0.25, 0.3) is 5.91 Å². The van der Waals surface area contributed by atoms with Crippen molar-refractivity contribution in [3.63, 3.8) is 0 Å². The zero-order valence-corrected chi connectivity index (χ0v) is 17.8. The Hall–Kier alpha value is -2.87. The lowest BCUT2D eigenvalue weighted by Crippen LogP contribution is -2.45. The number of hydrogen-bond acceptors (Lipinski definition) is 4. The van der Waals surface area contributed by atoms with E-state index in [-0.39, 0.29) is 17.4 Å². The summed E-state index contributed by atoms with van der Waals surface area (Å²) in [7, 11) is 1.18. The van der Waals surface area contributed by atoms with Crippen molar-refractivity contribution in [3.05, 3.63) is 70.8 Å². The predicted molar refractivity (Wildman–Crippen MR) is 109 cm³/mol. The highest BCUT2D eigenvalue weighted by Gasteiger charge is 2.31. The second-order valence-corrected chi connectivity index (χ2v) is 8.26. The van der Waals surface area contributed by atoms with Crippen molar-refractivity contribution < 1.29 is 32.6 Å². The Kier molecular flexibility index (Phi) is 7.49. The van der Waals surface area contributed by atoms with Crippen LogP contribution in [0.1, 0.15) is 49.1 Å². The van der Waals surface area contributed by atoms with Gasteiger partial charge in [-0.3, -0.25) is 4.79 Å². The van der Waals surface area contributed by atoms with Gasteiger partial charge < -0.3 is 15.2 Å². The fourth-order valence-electron chi connectivity index (χ4n) is 2.97. The standard InChI is InChI=1S/C23H26F3NO4/c1-22(2,3)16-9-5-14(6-10-16)13-18(21(30)31-4)27-20(29)19(28)15-7-11-17(12-8-15)23(24,25)26/h5-12,18-19,28H,13H2,1-4H3,(H,27,29)/t18-,19-/m0/s1. The molecule has 0 saturated carbocycles. The molecule has 168 valence electrons. The van der Waals surface area contributed by atoms with E-state index >= 15 is 0 Å². The first-order valence-corrected chi connectivity index (χ1v) is 9.66. The number of carbonyl (C=O) groups excluding carboxylic acids is 2. The zero-order chi connectivity index (χ0) is 23.4. The summed E-state index contributed by atoms with van der Waals surface area (Å²) in [5.41, 5.74) is 0.916. The molecule has 2 rings (SSSR count). The number of aliphatic hydroxyl groups excluding tert-OH is 1. The van der Waals surface area contributed by atoms with Gasteiger partial charge in [0.05, 0.1) is 12.7 Å². The van der Waals surface area contributed by atoms with Gasteiger partial charge in [-0.15, -0.1) is 0 Å². The zero-order valence-electron chi connectivity index (χ0n) is 17.8. The molecule has 0 spiro atoms. The van der Waals surface area contributed by atoms with Gasteiger partial charge in [-0.2, -0.15) is 13.2 Å². The number of rotatable bonds is 6. The van der Waals surface area contributed by atoms with E-state index in [1.54, 1.807) is 0 Å². The maximum absolute atomic E-state index is 12.7. The second-order valence-electron chi connectivity index (χ2n) is 8.26. The summed E-state index contributed by atoms with van der Waals surface area (Å²) in [6.45, 7) is 6.21. The molecule has 0 saturated heterocycles. The fourth-order valence-corrected chi connectivity index (χ4v) is 2.97. The summed E-state index contributed by atoms with van der Waals surface area (Å²) >= 11 is 0. The maximum atomic E-state index is 12.7. The smallest absolute Gasteiger partial charge is 0.416 e. The van der Waals surface area contributed by atoms with Crippen molar-refractivity contribution in [3.8, 4) is 0 Å². The van der Waals surface area contributed by atoms with Crippen LogP contribution >= 0.6 is 0 Å². The Morgan fingerprint density at radius 2 is 1.48 bits per heavy atom. The Balaban J connectivity index is 2.12. The fraction of sp³-hybridized carbons (Fsp3) is 0.391. The van der Waals surface area contributed by atoms with E-state index in [2.05, 4.69) is 26.1 Å². The summed E-state index contributed by atoms with van der Waals surface area (Å²) in [6.07, 6.45) is -6.13. The van der Waals surface area contributed by atoms with Gasteiger partial charge in [-0.05, 0) is 34.2 Å². The third-order valence-corrected chi connectivity index (χ3v) is 4.86. The summed E-state index contributed by atoms with van der Waals surface area (Å²) in [6, 6.07) is 10.1. The second kappa shape index (κ2) is 9.51. The Labute approximate surface area is 179 Å². The average molecular weight is 437 g/mol. The number of alkyl halides is 3. The molecule has 0 bridgehead atoms. The molecule has 0 aromatic heterocycles. The number of nitrogens with one attached hydrogen (secondary N) is 1. The monoisotopic (exact) mass is 437 g/mol. The van der Waals surface area contributed by atoms with Crippen LogP contribution in [0.5, 0.6) is 0 Å². The molecule has 2 aromatic carbocycles. The Morgan fingerprint density at radius 1 is 0.968 bits per heavy atom. The summed E-state index contributed by atoms with van der Waals surface area (Å²) < 4.78 is 42.8. The van der Waals surface area contributed by atoms with Crippen LogP contribution in [-0.2, 0) is 32.3 Å². The van der Waals surface area contributed by atoms with E-state index in [1.165, 1.54) is 7.11 Å². The molecule has 0 fully saturated rings. The van der Waals surface area contributed by atoms with Crippen LogP contribution in [-0.4, -0.2) is 30.1 Å². The molecular weight excluding hydrogens is 411 g/mol. The molecule has 8 heteroatoms. The Morgan fingerprint density at radius 3 is 1.94 bits per heavy atom. The number of benzene rings is 2. The number of hydrogen-bond donors (Lipinski definition) is 2. The molecule has 0 radical (unpaired) electrons. The number of halogens is 3. The van der Waals surface area contributed by atoms with Gasteiger partial charge in [0.1, 0.15) is 6.04 Å². The van der Waals surface area contributed by atoms with Crippen molar-refractivity contribution >= 4 is 11.9 Å². The van der Waals surface area contributed by atoms with E-state index in [4.69, 9.17) is 4.74 Å². The van der Waals surface area contributed by atoms with E-state index in [9.17, 15) is 27.9 Å². The third-order valence-electron chi connectivity index (χ3n) is 4.86. The topological polar surface area (TPSA) is 75.6 Å². The van der Waals surface area contributed by atoms with Crippen LogP contribution < -0.4 is 5.32 Å². The van der Waals surface area contributed by atoms with Crippen LogP contribution in [0.25, 0.3) is 0 Å². The minimum absolute atomic E-state index is 0.0244. The minimum atomic E-state index is -4.52. The molecule has 0 aliphatic rings. The first kappa shape index (κ1) is 24.4. The van der Waals surface area contributed by atoms with Gasteiger partial charge in [-0.1, -0.05) is 57.2 Å². The molecule has 2 aromatic rings. The van der Waals surface area contributed by atoms with E-state index in [1.807, 2.05) is 24.3 Å². The first-order chi connectivity index (χ1) is 14.3. The summed E-state index contributed by atoms with van der Waals surface area (Å²) in [4.78, 5) is 24.6. The van der Waals surface area contributed by atoms with Gasteiger partial charge in [-0.25, -0.2) is 4.79 Å². The largest absolute Gasteiger partial charge is 0.467 e. The molecule has 0 aliphatic carbocycles. The molecule has 5 nitrogen and oxygen atoms in total. The molecular formula is C23H26F3NO4. The Bertz CT molecular complexity index is 900. The molecule has 31 heavy (non-hydrogen) atoms. The van der Waals surface area contributed by atoms with Gasteiger partial charge in [0.15, 0.2) is 6.10 Å². The van der Waals surface area contributed by atoms with Gasteiger partial charge >= 0.3 is 12.1 Å². The van der Waals surface area contributed by atoms with Gasteiger partial charge in [0.2, 0.25) is 0 Å². The SMILES string of the molecule is COC(=O)[C@H](Cc1ccc(C(C)(C)C)cc1)NC(=O)[C@@H](O)c1ccc(C(F)(F)F)cc1. The number of esters is 1. The first-order valence-electron chi connectivity index (χ1n) is 9.66. The quantitative estimate of drug-likeness (QED) is 0.672. The third kappa shape index (κ3) is 6.55. The highest BCUT2D eigenvalue weighted by Crippen LogP contribution is 2.30. The lowest BCUT2D eigenvalue weighted by molar-refractivity contribution is -0.146. The lowest BCUT2D eigenvalue weighted by atomic mass is 9.86. The van der Waals surface area contributed by atoms with Crippen LogP contribution in [0, 0.1) is 0 Å². The van der Waals surface area contributed by atoms with Crippen LogP contribution in [0.4, 0.5) is 13.2 Å². The normalized spacial score (nSPS) is 13.9. The van der Waals surface area contributed by atoms with Crippen molar-refractivity contribution in [2.75, 3.05) is 7.11 Å². The predicted octanol–water partition coefficient (Wildman–Crippen LogP) is 3.94. The number of amides is 1. The molecule has 1 amide bonds. The van der Waals surface area contributed by atoms with E-state index < -0.39 is 35.8 Å². The van der Waals surface area contributed by atoms with Crippen molar-refractivity contribution in [1.29, 1.82) is 0 Å². The highest BCUT2D eigenvalue weighted by molar-refractivity contribution is 5.87. The number of aliphatic hydroxyl groups is 1. The summed E-state index contributed by atoms with van der Waals surface area (Å²) in [5.74, 6) is -1.62. The van der Waals surface area contributed by atoms with E-state index in [0.717, 1.165) is 35.4 Å². The van der Waals surface area contributed by atoms with Crippen LogP contribution in [0.3, 0.4) is 0 Å². The number of ether oxygens (including phenoxy) is 1. The van der Waals surface area contributed by atoms with Gasteiger partial charge in [0, 0.05) is 6.42 Å². The average Bonchev–Trinajstić information content (AvgIpc) is 2.71. The summed E-state index contributed by atoms with van der Waals surface area (Å²) in [5, 5.41) is 12.7. The van der Waals surface area contributed by atoms with Crippen LogP contribution in [0.2, 0.25) is 0 Å². The number of carbonyl (C=O) groups is 2. The molecule has 0 aliphatic heterocycles. The molecule has 0 unspecified atom stereocenters. The van der Waals surface area contributed by atoms with E-state index in [0.29, 0.717) is 0 Å². The van der Waals surface area contributed by atoms with Crippen molar-refractivity contribution in [2.45, 2.75) is 50.9 Å². The number of methoxy groups -OCH3 is 1. The van der Waals surface area contributed by atoms with Crippen molar-refractivity contribution in [2.24, 2.45) is 0 Å².